The molecular weight excluding hydrogens is 460 g/mol. The smallest absolute Gasteiger partial charge is 0.252 e. The molecule has 1 saturated heterocycles. The van der Waals surface area contributed by atoms with E-state index in [1.54, 1.807) is 12.1 Å². The molecule has 4 rings (SSSR count). The number of hydrogen-bond acceptors (Lipinski definition) is 4. The van der Waals surface area contributed by atoms with E-state index in [1.165, 1.54) is 9.21 Å². The highest BCUT2D eigenvalue weighted by Crippen LogP contribution is 2.37. The van der Waals surface area contributed by atoms with Crippen molar-refractivity contribution >= 4 is 27.5 Å². The molecule has 2 amide bonds. The first-order chi connectivity index (χ1) is 16.5. The average Bonchev–Trinajstić information content (AvgIpc) is 2.96. The van der Waals surface area contributed by atoms with Crippen LogP contribution in [0.3, 0.4) is 0 Å². The molecule has 7 heteroatoms. The lowest BCUT2D eigenvalue weighted by Gasteiger charge is -2.35. The molecular formula is C28H36N2O4S. The lowest BCUT2D eigenvalue weighted by molar-refractivity contribution is -0.122. The SMILES string of the molecule is Cc1ccc(N2C(=O)CC(N(C3CCCCCC3)S(=O)(=O)c3c(C)c(C)cc(C)c3C)C2=O)cc1. The van der Waals surface area contributed by atoms with E-state index in [0.717, 1.165) is 42.4 Å². The molecule has 2 aliphatic rings. The second-order valence-corrected chi connectivity index (χ2v) is 12.0. The molecule has 2 aromatic rings. The van der Waals surface area contributed by atoms with Gasteiger partial charge in [0, 0.05) is 6.04 Å². The number of carbonyl (C=O) groups is 2. The number of sulfonamides is 1. The van der Waals surface area contributed by atoms with E-state index in [0.29, 0.717) is 29.7 Å². The monoisotopic (exact) mass is 496 g/mol. The molecule has 0 aromatic heterocycles. The van der Waals surface area contributed by atoms with Crippen molar-refractivity contribution in [2.75, 3.05) is 4.90 Å². The minimum absolute atomic E-state index is 0.134. The van der Waals surface area contributed by atoms with Gasteiger partial charge in [-0.05, 0) is 81.8 Å². The molecule has 1 atom stereocenters. The second-order valence-electron chi connectivity index (χ2n) is 10.2. The molecule has 0 N–H and O–H groups in total. The molecule has 35 heavy (non-hydrogen) atoms. The Balaban J connectivity index is 1.84. The number of nitrogens with zero attached hydrogens (tertiary/aromatic N) is 2. The van der Waals surface area contributed by atoms with Gasteiger partial charge in [-0.25, -0.2) is 13.3 Å². The van der Waals surface area contributed by atoms with Crippen LogP contribution >= 0.6 is 0 Å². The van der Waals surface area contributed by atoms with E-state index >= 15 is 0 Å². The zero-order chi connectivity index (χ0) is 25.5. The fourth-order valence-electron chi connectivity index (χ4n) is 5.58. The first-order valence-electron chi connectivity index (χ1n) is 12.6. The zero-order valence-electron chi connectivity index (χ0n) is 21.4. The normalized spacial score (nSPS) is 20.1. The maximum absolute atomic E-state index is 14.5. The van der Waals surface area contributed by atoms with Gasteiger partial charge in [0.2, 0.25) is 15.9 Å². The van der Waals surface area contributed by atoms with Gasteiger partial charge in [0.25, 0.3) is 5.91 Å². The van der Waals surface area contributed by atoms with Gasteiger partial charge < -0.3 is 0 Å². The number of imide groups is 1. The van der Waals surface area contributed by atoms with Crippen molar-refractivity contribution < 1.29 is 18.0 Å². The summed E-state index contributed by atoms with van der Waals surface area (Å²) < 4.78 is 30.4. The van der Waals surface area contributed by atoms with Crippen LogP contribution in [0.2, 0.25) is 0 Å². The molecule has 0 spiro atoms. The number of aryl methyl sites for hydroxylation is 3. The molecule has 2 aromatic carbocycles. The summed E-state index contributed by atoms with van der Waals surface area (Å²) in [6.07, 6.45) is 5.20. The van der Waals surface area contributed by atoms with Crippen molar-refractivity contribution in [3.8, 4) is 0 Å². The molecule has 1 saturated carbocycles. The van der Waals surface area contributed by atoms with Crippen LogP contribution in [0.5, 0.6) is 0 Å². The zero-order valence-corrected chi connectivity index (χ0v) is 22.2. The molecule has 6 nitrogen and oxygen atoms in total. The number of rotatable bonds is 5. The second kappa shape index (κ2) is 9.86. The average molecular weight is 497 g/mol. The van der Waals surface area contributed by atoms with Crippen LogP contribution in [0.4, 0.5) is 5.69 Å². The summed E-state index contributed by atoms with van der Waals surface area (Å²) in [5.41, 5.74) is 4.74. The van der Waals surface area contributed by atoms with E-state index in [4.69, 9.17) is 0 Å². The maximum atomic E-state index is 14.5. The van der Waals surface area contributed by atoms with Crippen LogP contribution in [0.1, 0.15) is 72.8 Å². The third-order valence-electron chi connectivity index (χ3n) is 7.74. The van der Waals surface area contributed by atoms with Crippen LogP contribution in [-0.4, -0.2) is 36.6 Å². The molecule has 0 radical (unpaired) electrons. The molecule has 1 unspecified atom stereocenters. The summed E-state index contributed by atoms with van der Waals surface area (Å²) in [6, 6.07) is 7.87. The fourth-order valence-corrected chi connectivity index (χ4v) is 7.99. The van der Waals surface area contributed by atoms with Gasteiger partial charge in [-0.3, -0.25) is 9.59 Å². The van der Waals surface area contributed by atoms with E-state index in [-0.39, 0.29) is 23.3 Å². The van der Waals surface area contributed by atoms with Crippen LogP contribution in [0.15, 0.2) is 35.2 Å². The number of carbonyl (C=O) groups excluding carboxylic acids is 2. The fraction of sp³-hybridized carbons (Fsp3) is 0.500. The van der Waals surface area contributed by atoms with E-state index in [9.17, 15) is 18.0 Å². The lowest BCUT2D eigenvalue weighted by atomic mass is 10.0. The Morgan fingerprint density at radius 2 is 1.37 bits per heavy atom. The number of hydrogen-bond donors (Lipinski definition) is 0. The Bertz CT molecular complexity index is 1220. The first-order valence-corrected chi connectivity index (χ1v) is 14.0. The van der Waals surface area contributed by atoms with Crippen molar-refractivity contribution in [3.63, 3.8) is 0 Å². The summed E-state index contributed by atoms with van der Waals surface area (Å²) >= 11 is 0. The molecule has 1 heterocycles. The lowest BCUT2D eigenvalue weighted by Crippen LogP contribution is -2.51. The Morgan fingerprint density at radius 1 is 0.829 bits per heavy atom. The minimum atomic E-state index is -4.04. The van der Waals surface area contributed by atoms with E-state index in [2.05, 4.69) is 0 Å². The van der Waals surface area contributed by atoms with Gasteiger partial charge in [0.1, 0.15) is 6.04 Å². The Kier molecular flexibility index (Phi) is 7.21. The van der Waals surface area contributed by atoms with Crippen molar-refractivity contribution in [2.45, 2.75) is 96.5 Å². The highest BCUT2D eigenvalue weighted by atomic mass is 32.2. The number of amides is 2. The van der Waals surface area contributed by atoms with Gasteiger partial charge in [-0.1, -0.05) is 49.4 Å². The van der Waals surface area contributed by atoms with Crippen molar-refractivity contribution in [1.82, 2.24) is 4.31 Å². The van der Waals surface area contributed by atoms with Gasteiger partial charge in [0.05, 0.1) is 17.0 Å². The summed E-state index contributed by atoms with van der Waals surface area (Å²) in [6.45, 7) is 9.44. The van der Waals surface area contributed by atoms with Gasteiger partial charge >= 0.3 is 0 Å². The van der Waals surface area contributed by atoms with Gasteiger partial charge in [0.15, 0.2) is 0 Å². The topological polar surface area (TPSA) is 74.8 Å². The minimum Gasteiger partial charge on any atom is -0.274 e. The summed E-state index contributed by atoms with van der Waals surface area (Å²) in [7, 11) is -4.04. The number of anilines is 1. The standard InChI is InChI=1S/C28H36N2O4S/c1-18-12-14-23(15-13-18)29-26(31)17-25(28(29)32)30(24-10-8-6-7-9-11-24)35(33,34)27-21(4)19(2)16-20(3)22(27)5/h12-16,24-25H,6-11,17H2,1-5H3. The number of benzene rings is 2. The quantitative estimate of drug-likeness (QED) is 0.417. The van der Waals surface area contributed by atoms with Crippen LogP contribution in [-0.2, 0) is 19.6 Å². The summed E-state index contributed by atoms with van der Waals surface area (Å²) in [5.74, 6) is -0.808. The molecule has 1 aliphatic heterocycles. The molecule has 188 valence electrons. The van der Waals surface area contributed by atoms with Gasteiger partial charge in [-0.2, -0.15) is 4.31 Å². The Labute approximate surface area is 209 Å². The van der Waals surface area contributed by atoms with Crippen molar-refractivity contribution in [3.05, 3.63) is 58.1 Å². The van der Waals surface area contributed by atoms with Crippen LogP contribution in [0.25, 0.3) is 0 Å². The third-order valence-corrected chi connectivity index (χ3v) is 9.98. The van der Waals surface area contributed by atoms with Crippen molar-refractivity contribution in [1.29, 1.82) is 0 Å². The molecule has 2 fully saturated rings. The third kappa shape index (κ3) is 4.68. The molecule has 0 bridgehead atoms. The van der Waals surface area contributed by atoms with E-state index in [1.807, 2.05) is 52.8 Å². The van der Waals surface area contributed by atoms with Crippen molar-refractivity contribution in [2.24, 2.45) is 0 Å². The first kappa shape index (κ1) is 25.6. The Hall–Kier alpha value is -2.51. The summed E-state index contributed by atoms with van der Waals surface area (Å²) in [5, 5.41) is 0. The maximum Gasteiger partial charge on any atom is 0.252 e. The van der Waals surface area contributed by atoms with Crippen LogP contribution in [0, 0.1) is 34.6 Å². The van der Waals surface area contributed by atoms with Crippen LogP contribution < -0.4 is 4.90 Å². The van der Waals surface area contributed by atoms with E-state index < -0.39 is 22.0 Å². The molecule has 1 aliphatic carbocycles. The van der Waals surface area contributed by atoms with Gasteiger partial charge in [-0.15, -0.1) is 0 Å². The largest absolute Gasteiger partial charge is 0.274 e. The predicted octanol–water partition coefficient (Wildman–Crippen LogP) is 5.27. The summed E-state index contributed by atoms with van der Waals surface area (Å²) in [4.78, 5) is 28.3. The highest BCUT2D eigenvalue weighted by Gasteiger charge is 2.50. The highest BCUT2D eigenvalue weighted by molar-refractivity contribution is 7.89. The predicted molar refractivity (Wildman–Crippen MR) is 138 cm³/mol. The Morgan fingerprint density at radius 3 is 1.91 bits per heavy atom.